The molecular formula is C13H15N5. The Morgan fingerprint density at radius 1 is 0.778 bits per heavy atom. The minimum atomic E-state index is 0.776. The molecule has 0 unspecified atom stereocenters. The summed E-state index contributed by atoms with van der Waals surface area (Å²) in [4.78, 5) is 4.46. The van der Waals surface area contributed by atoms with Crippen LogP contribution >= 0.6 is 0 Å². The highest BCUT2D eigenvalue weighted by Crippen LogP contribution is 2.07. The van der Waals surface area contributed by atoms with Gasteiger partial charge in [-0.1, -0.05) is 19.9 Å². The van der Waals surface area contributed by atoms with Gasteiger partial charge in [-0.15, -0.1) is 0 Å². The normalized spacial score (nSPS) is 9.67. The summed E-state index contributed by atoms with van der Waals surface area (Å²) in [6, 6.07) is 9.46. The molecule has 0 saturated heterocycles. The monoisotopic (exact) mass is 241 g/mol. The first-order valence-corrected chi connectivity index (χ1v) is 5.90. The Kier molecular flexibility index (Phi) is 3.86. The van der Waals surface area contributed by atoms with Gasteiger partial charge in [0, 0.05) is 24.8 Å². The highest BCUT2D eigenvalue weighted by Gasteiger charge is 2.01. The molecule has 0 atom stereocenters. The Bertz CT molecular complexity index is 520. The highest BCUT2D eigenvalue weighted by atomic mass is 15.3. The summed E-state index contributed by atoms with van der Waals surface area (Å²) in [6.07, 6.45) is 7.16. The van der Waals surface area contributed by atoms with Crippen LogP contribution in [0.4, 0.5) is 0 Å². The minimum absolute atomic E-state index is 0.776. The van der Waals surface area contributed by atoms with Crippen LogP contribution in [0.15, 0.2) is 55.1 Å². The van der Waals surface area contributed by atoms with Crippen molar-refractivity contribution >= 4 is 0 Å². The summed E-state index contributed by atoms with van der Waals surface area (Å²) >= 11 is 0. The largest absolute Gasteiger partial charge is 0.223 e. The maximum atomic E-state index is 4.46. The van der Waals surface area contributed by atoms with Crippen LogP contribution in [0.2, 0.25) is 0 Å². The maximum Gasteiger partial charge on any atom is 0.155 e. The molecular weight excluding hydrogens is 226 g/mol. The lowest BCUT2D eigenvalue weighted by Gasteiger charge is -2.03. The molecule has 0 aliphatic carbocycles. The molecule has 0 amide bonds. The molecule has 5 nitrogen and oxygen atoms in total. The first kappa shape index (κ1) is 12.0. The molecule has 5 heteroatoms. The minimum Gasteiger partial charge on any atom is -0.223 e. The van der Waals surface area contributed by atoms with E-state index in [4.69, 9.17) is 0 Å². The van der Waals surface area contributed by atoms with Crippen LogP contribution in [0.3, 0.4) is 0 Å². The lowest BCUT2D eigenvalue weighted by atomic mass is 10.4. The molecule has 0 N–H and O–H groups in total. The molecule has 0 bridgehead atoms. The third-order valence-corrected chi connectivity index (χ3v) is 2.20. The molecule has 3 aromatic heterocycles. The molecule has 3 heterocycles. The zero-order valence-corrected chi connectivity index (χ0v) is 10.4. The van der Waals surface area contributed by atoms with E-state index >= 15 is 0 Å². The lowest BCUT2D eigenvalue weighted by Crippen LogP contribution is -2.03. The van der Waals surface area contributed by atoms with Gasteiger partial charge in [-0.2, -0.15) is 10.2 Å². The molecule has 0 saturated carbocycles. The average molecular weight is 241 g/mol. The van der Waals surface area contributed by atoms with Crippen molar-refractivity contribution in [3.05, 3.63) is 55.1 Å². The van der Waals surface area contributed by atoms with Crippen molar-refractivity contribution in [2.75, 3.05) is 0 Å². The molecule has 0 aromatic carbocycles. The molecule has 0 spiro atoms. The highest BCUT2D eigenvalue weighted by molar-refractivity contribution is 5.30. The molecule has 92 valence electrons. The SMILES string of the molecule is CC.c1cc(-n2cccn2)nc(-n2cccn2)c1. The topological polar surface area (TPSA) is 48.5 Å². The van der Waals surface area contributed by atoms with Gasteiger partial charge in [0.2, 0.25) is 0 Å². The van der Waals surface area contributed by atoms with E-state index in [0.29, 0.717) is 0 Å². The Morgan fingerprint density at radius 2 is 1.28 bits per heavy atom. The molecule has 0 radical (unpaired) electrons. The Morgan fingerprint density at radius 3 is 1.67 bits per heavy atom. The van der Waals surface area contributed by atoms with Gasteiger partial charge >= 0.3 is 0 Å². The summed E-state index contributed by atoms with van der Waals surface area (Å²) in [7, 11) is 0. The van der Waals surface area contributed by atoms with Gasteiger partial charge in [-0.05, 0) is 24.3 Å². The predicted octanol–water partition coefficient (Wildman–Crippen LogP) is 2.48. The summed E-state index contributed by atoms with van der Waals surface area (Å²) in [5, 5.41) is 8.27. The van der Waals surface area contributed by atoms with Crippen molar-refractivity contribution in [3.63, 3.8) is 0 Å². The van der Waals surface area contributed by atoms with Crippen LogP contribution in [0.25, 0.3) is 11.6 Å². The third kappa shape index (κ3) is 2.45. The van der Waals surface area contributed by atoms with E-state index < -0.39 is 0 Å². The van der Waals surface area contributed by atoms with E-state index in [0.717, 1.165) is 11.6 Å². The number of aromatic nitrogens is 5. The van der Waals surface area contributed by atoms with Crippen LogP contribution in [-0.2, 0) is 0 Å². The van der Waals surface area contributed by atoms with Gasteiger partial charge in [0.1, 0.15) is 0 Å². The number of hydrogen-bond acceptors (Lipinski definition) is 3. The van der Waals surface area contributed by atoms with Crippen LogP contribution in [0.1, 0.15) is 13.8 Å². The van der Waals surface area contributed by atoms with Crippen LogP contribution in [0, 0.1) is 0 Å². The van der Waals surface area contributed by atoms with E-state index in [2.05, 4.69) is 15.2 Å². The van der Waals surface area contributed by atoms with Crippen molar-refractivity contribution in [1.82, 2.24) is 24.5 Å². The van der Waals surface area contributed by atoms with Crippen molar-refractivity contribution in [1.29, 1.82) is 0 Å². The third-order valence-electron chi connectivity index (χ3n) is 2.20. The van der Waals surface area contributed by atoms with Crippen LogP contribution in [-0.4, -0.2) is 24.5 Å². The van der Waals surface area contributed by atoms with E-state index in [1.54, 1.807) is 21.8 Å². The van der Waals surface area contributed by atoms with Crippen molar-refractivity contribution in [2.45, 2.75) is 13.8 Å². The summed E-state index contributed by atoms with van der Waals surface area (Å²) in [6.45, 7) is 4.00. The second kappa shape index (κ2) is 5.77. The zero-order chi connectivity index (χ0) is 12.8. The van der Waals surface area contributed by atoms with E-state index in [-0.39, 0.29) is 0 Å². The molecule has 3 rings (SSSR count). The van der Waals surface area contributed by atoms with Gasteiger partial charge < -0.3 is 0 Å². The van der Waals surface area contributed by atoms with E-state index in [1.165, 1.54) is 0 Å². The molecule has 0 aliphatic heterocycles. The molecule has 0 fully saturated rings. The standard InChI is InChI=1S/C11H9N5.C2H6/c1-4-10(15-8-2-6-12-15)14-11(5-1)16-9-3-7-13-16;1-2/h1-9H;1-2H3. The first-order valence-electron chi connectivity index (χ1n) is 5.90. The maximum absolute atomic E-state index is 4.46. The fraction of sp³-hybridized carbons (Fsp3) is 0.154. The average Bonchev–Trinajstić information content (AvgIpc) is 3.15. The molecule has 3 aromatic rings. The Labute approximate surface area is 106 Å². The number of pyridine rings is 1. The molecule has 18 heavy (non-hydrogen) atoms. The summed E-state index contributed by atoms with van der Waals surface area (Å²) in [5.41, 5.74) is 0. The van der Waals surface area contributed by atoms with Gasteiger partial charge in [0.05, 0.1) is 0 Å². The van der Waals surface area contributed by atoms with Gasteiger partial charge in [0.25, 0.3) is 0 Å². The van der Waals surface area contributed by atoms with Crippen molar-refractivity contribution in [3.8, 4) is 11.6 Å². The quantitative estimate of drug-likeness (QED) is 0.692. The Balaban J connectivity index is 0.000000574. The second-order valence-corrected chi connectivity index (χ2v) is 3.26. The first-order chi connectivity index (χ1) is 8.93. The van der Waals surface area contributed by atoms with Crippen LogP contribution in [0.5, 0.6) is 0 Å². The van der Waals surface area contributed by atoms with Crippen molar-refractivity contribution in [2.24, 2.45) is 0 Å². The van der Waals surface area contributed by atoms with Crippen molar-refractivity contribution < 1.29 is 0 Å². The van der Waals surface area contributed by atoms with Gasteiger partial charge in [0.15, 0.2) is 11.6 Å². The number of nitrogens with zero attached hydrogens (tertiary/aromatic N) is 5. The summed E-state index contributed by atoms with van der Waals surface area (Å²) < 4.78 is 3.43. The predicted molar refractivity (Wildman–Crippen MR) is 69.8 cm³/mol. The lowest BCUT2D eigenvalue weighted by molar-refractivity contribution is 0.803. The van der Waals surface area contributed by atoms with E-state index in [9.17, 15) is 0 Å². The van der Waals surface area contributed by atoms with E-state index in [1.807, 2.05) is 56.6 Å². The fourth-order valence-electron chi connectivity index (χ4n) is 1.48. The smallest absolute Gasteiger partial charge is 0.155 e. The Hall–Kier alpha value is -2.43. The molecule has 0 aliphatic rings. The summed E-state index contributed by atoms with van der Waals surface area (Å²) in [5.74, 6) is 1.55. The number of rotatable bonds is 2. The zero-order valence-electron chi connectivity index (χ0n) is 10.4. The fourth-order valence-corrected chi connectivity index (χ4v) is 1.48. The van der Waals surface area contributed by atoms with Gasteiger partial charge in [-0.3, -0.25) is 0 Å². The van der Waals surface area contributed by atoms with Crippen LogP contribution < -0.4 is 0 Å². The second-order valence-electron chi connectivity index (χ2n) is 3.26. The van der Waals surface area contributed by atoms with Gasteiger partial charge in [-0.25, -0.2) is 14.3 Å². The number of hydrogen-bond donors (Lipinski definition) is 0.